The van der Waals surface area contributed by atoms with Gasteiger partial charge < -0.3 is 9.47 Å². The molecule has 0 saturated carbocycles. The molecule has 1 aromatic rings. The molecule has 0 heterocycles. The van der Waals surface area contributed by atoms with E-state index in [1.165, 1.54) is 0 Å². The number of hydrogen-bond acceptors (Lipinski definition) is 5. The van der Waals surface area contributed by atoms with Crippen LogP contribution >= 0.6 is 0 Å². The molecule has 1 unspecified atom stereocenters. The Morgan fingerprint density at radius 3 is 2.15 bits per heavy atom. The van der Waals surface area contributed by atoms with E-state index in [1.807, 2.05) is 0 Å². The minimum absolute atomic E-state index is 0.153. The van der Waals surface area contributed by atoms with Gasteiger partial charge in [0.05, 0.1) is 19.6 Å². The molecule has 1 aromatic carbocycles. The fourth-order valence-electron chi connectivity index (χ4n) is 1.72. The standard InChI is InChI=1S/C15H18O5/c1-3-19-13(16)10-12(15(18)20-4-2)14(17)11-8-6-5-7-9-11/h5-9,12H,3-4,10H2,1-2H3. The Balaban J connectivity index is 2.89. The van der Waals surface area contributed by atoms with Crippen molar-refractivity contribution in [3.63, 3.8) is 0 Å². The summed E-state index contributed by atoms with van der Waals surface area (Å²) in [5.74, 6) is -2.88. The first-order valence-corrected chi connectivity index (χ1v) is 6.51. The molecule has 0 N–H and O–H groups in total. The molecule has 0 spiro atoms. The van der Waals surface area contributed by atoms with Gasteiger partial charge in [0.2, 0.25) is 0 Å². The van der Waals surface area contributed by atoms with Crippen molar-refractivity contribution in [3.8, 4) is 0 Å². The normalized spacial score (nSPS) is 11.5. The molecule has 0 radical (unpaired) electrons. The number of benzene rings is 1. The van der Waals surface area contributed by atoms with E-state index in [-0.39, 0.29) is 19.6 Å². The number of carbonyl (C=O) groups is 3. The first-order chi connectivity index (χ1) is 9.60. The predicted octanol–water partition coefficient (Wildman–Crippen LogP) is 2.00. The van der Waals surface area contributed by atoms with Gasteiger partial charge in [-0.15, -0.1) is 0 Å². The largest absolute Gasteiger partial charge is 0.466 e. The summed E-state index contributed by atoms with van der Waals surface area (Å²) in [7, 11) is 0. The lowest BCUT2D eigenvalue weighted by Crippen LogP contribution is -2.29. The first kappa shape index (κ1) is 15.9. The van der Waals surface area contributed by atoms with Gasteiger partial charge >= 0.3 is 11.9 Å². The molecule has 5 heteroatoms. The second-order valence-corrected chi connectivity index (χ2v) is 4.04. The second kappa shape index (κ2) is 8.09. The van der Waals surface area contributed by atoms with E-state index in [2.05, 4.69) is 0 Å². The third-order valence-corrected chi connectivity index (χ3v) is 2.62. The van der Waals surface area contributed by atoms with Crippen molar-refractivity contribution in [1.82, 2.24) is 0 Å². The zero-order valence-electron chi connectivity index (χ0n) is 11.6. The number of carbonyl (C=O) groups excluding carboxylic acids is 3. The van der Waals surface area contributed by atoms with Gasteiger partial charge in [0, 0.05) is 5.56 Å². The predicted molar refractivity (Wildman–Crippen MR) is 72.1 cm³/mol. The van der Waals surface area contributed by atoms with E-state index in [0.29, 0.717) is 5.56 Å². The van der Waals surface area contributed by atoms with Crippen molar-refractivity contribution in [3.05, 3.63) is 35.9 Å². The van der Waals surface area contributed by atoms with Crippen LogP contribution in [-0.4, -0.2) is 30.9 Å². The molecule has 0 aliphatic heterocycles. The number of esters is 2. The van der Waals surface area contributed by atoms with Crippen LogP contribution in [0.25, 0.3) is 0 Å². The van der Waals surface area contributed by atoms with Gasteiger partial charge in [0.15, 0.2) is 5.78 Å². The van der Waals surface area contributed by atoms with Crippen LogP contribution in [0.3, 0.4) is 0 Å². The summed E-state index contributed by atoms with van der Waals surface area (Å²) in [4.78, 5) is 35.7. The molecular formula is C15H18O5. The molecule has 0 aliphatic carbocycles. The summed E-state index contributed by atoms with van der Waals surface area (Å²) in [6, 6.07) is 8.35. The summed E-state index contributed by atoms with van der Waals surface area (Å²) in [5, 5.41) is 0. The highest BCUT2D eigenvalue weighted by Gasteiger charge is 2.31. The fraction of sp³-hybridized carbons (Fsp3) is 0.400. The summed E-state index contributed by atoms with van der Waals surface area (Å²) in [6.07, 6.45) is -0.305. The van der Waals surface area contributed by atoms with Crippen LogP contribution in [0.4, 0.5) is 0 Å². The lowest BCUT2D eigenvalue weighted by atomic mass is 9.94. The average Bonchev–Trinajstić information content (AvgIpc) is 2.45. The number of hydrogen-bond donors (Lipinski definition) is 0. The van der Waals surface area contributed by atoms with Crippen LogP contribution in [0.2, 0.25) is 0 Å². The van der Waals surface area contributed by atoms with Crippen LogP contribution in [0.15, 0.2) is 30.3 Å². The zero-order chi connectivity index (χ0) is 15.0. The van der Waals surface area contributed by atoms with Crippen molar-refractivity contribution < 1.29 is 23.9 Å². The fourth-order valence-corrected chi connectivity index (χ4v) is 1.72. The van der Waals surface area contributed by atoms with E-state index in [4.69, 9.17) is 9.47 Å². The Hall–Kier alpha value is -2.17. The third-order valence-electron chi connectivity index (χ3n) is 2.62. The molecular weight excluding hydrogens is 260 g/mol. The maximum atomic E-state index is 12.3. The number of rotatable bonds is 7. The maximum Gasteiger partial charge on any atom is 0.317 e. The number of ketones is 1. The Morgan fingerprint density at radius 2 is 1.60 bits per heavy atom. The highest BCUT2D eigenvalue weighted by atomic mass is 16.5. The molecule has 0 aliphatic rings. The lowest BCUT2D eigenvalue weighted by molar-refractivity contribution is -0.152. The summed E-state index contributed by atoms with van der Waals surface area (Å²) < 4.78 is 9.65. The smallest absolute Gasteiger partial charge is 0.317 e. The van der Waals surface area contributed by atoms with Crippen molar-refractivity contribution >= 4 is 17.7 Å². The van der Waals surface area contributed by atoms with E-state index >= 15 is 0 Å². The monoisotopic (exact) mass is 278 g/mol. The van der Waals surface area contributed by atoms with Crippen LogP contribution < -0.4 is 0 Å². The van der Waals surface area contributed by atoms with Crippen molar-refractivity contribution in [2.45, 2.75) is 20.3 Å². The molecule has 108 valence electrons. The molecule has 1 rings (SSSR count). The summed E-state index contributed by atoms with van der Waals surface area (Å²) >= 11 is 0. The van der Waals surface area contributed by atoms with Crippen molar-refractivity contribution in [2.75, 3.05) is 13.2 Å². The molecule has 0 fully saturated rings. The summed E-state index contributed by atoms with van der Waals surface area (Å²) in [5.41, 5.74) is 0.370. The van der Waals surface area contributed by atoms with E-state index in [9.17, 15) is 14.4 Å². The van der Waals surface area contributed by atoms with E-state index in [1.54, 1.807) is 44.2 Å². The van der Waals surface area contributed by atoms with Gasteiger partial charge in [0.1, 0.15) is 5.92 Å². The van der Waals surface area contributed by atoms with Gasteiger partial charge in [-0.2, -0.15) is 0 Å². The SMILES string of the molecule is CCOC(=O)CC(C(=O)OCC)C(=O)c1ccccc1. The second-order valence-electron chi connectivity index (χ2n) is 4.04. The first-order valence-electron chi connectivity index (χ1n) is 6.51. The van der Waals surface area contributed by atoms with E-state index in [0.717, 1.165) is 0 Å². The zero-order valence-corrected chi connectivity index (χ0v) is 11.6. The summed E-state index contributed by atoms with van der Waals surface area (Å²) in [6.45, 7) is 3.66. The molecule has 0 aromatic heterocycles. The van der Waals surface area contributed by atoms with Crippen molar-refractivity contribution in [1.29, 1.82) is 0 Å². The van der Waals surface area contributed by atoms with Crippen LogP contribution in [-0.2, 0) is 19.1 Å². The minimum Gasteiger partial charge on any atom is -0.466 e. The minimum atomic E-state index is -1.16. The number of ether oxygens (including phenoxy) is 2. The maximum absolute atomic E-state index is 12.3. The third kappa shape index (κ3) is 4.50. The number of Topliss-reactive ketones (excluding diaryl/α,β-unsaturated/α-hetero) is 1. The Kier molecular flexibility index (Phi) is 6.43. The molecule has 5 nitrogen and oxygen atoms in total. The van der Waals surface area contributed by atoms with Crippen LogP contribution in [0, 0.1) is 5.92 Å². The van der Waals surface area contributed by atoms with Gasteiger partial charge in [-0.25, -0.2) is 0 Å². The molecule has 1 atom stereocenters. The Morgan fingerprint density at radius 1 is 1.00 bits per heavy atom. The topological polar surface area (TPSA) is 69.7 Å². The quantitative estimate of drug-likeness (QED) is 0.433. The Bertz CT molecular complexity index is 466. The Labute approximate surface area is 117 Å². The molecule has 20 heavy (non-hydrogen) atoms. The van der Waals surface area contributed by atoms with Gasteiger partial charge in [-0.1, -0.05) is 30.3 Å². The van der Waals surface area contributed by atoms with Crippen LogP contribution in [0.5, 0.6) is 0 Å². The molecule has 0 saturated heterocycles. The van der Waals surface area contributed by atoms with Crippen LogP contribution in [0.1, 0.15) is 30.6 Å². The highest BCUT2D eigenvalue weighted by molar-refractivity contribution is 6.10. The van der Waals surface area contributed by atoms with E-state index < -0.39 is 23.6 Å². The lowest BCUT2D eigenvalue weighted by Gasteiger charge is -2.13. The van der Waals surface area contributed by atoms with Gasteiger partial charge in [-0.05, 0) is 13.8 Å². The van der Waals surface area contributed by atoms with Gasteiger partial charge in [-0.3, -0.25) is 14.4 Å². The van der Waals surface area contributed by atoms with Crippen molar-refractivity contribution in [2.24, 2.45) is 5.92 Å². The van der Waals surface area contributed by atoms with Gasteiger partial charge in [0.25, 0.3) is 0 Å². The molecule has 0 bridgehead atoms. The molecule has 0 amide bonds. The average molecular weight is 278 g/mol. The highest BCUT2D eigenvalue weighted by Crippen LogP contribution is 2.15.